The van der Waals surface area contributed by atoms with Gasteiger partial charge < -0.3 is 10.1 Å². The number of nitrogens with one attached hydrogen (secondary N) is 1. The first-order valence-corrected chi connectivity index (χ1v) is 2.21. The summed E-state index contributed by atoms with van der Waals surface area (Å²) in [5.41, 5.74) is 0. The summed E-state index contributed by atoms with van der Waals surface area (Å²) in [4.78, 5) is 19.8. The van der Waals surface area contributed by atoms with Crippen molar-refractivity contribution in [1.82, 2.24) is 5.32 Å². The van der Waals surface area contributed by atoms with Crippen LogP contribution >= 0.6 is 0 Å². The second kappa shape index (κ2) is 1.81. The SMILES string of the molecule is O=CNC1COC1=O. The van der Waals surface area contributed by atoms with Gasteiger partial charge in [-0.2, -0.15) is 0 Å². The minimum Gasteiger partial charge on any atom is -0.461 e. The van der Waals surface area contributed by atoms with Crippen molar-refractivity contribution in [3.05, 3.63) is 0 Å². The van der Waals surface area contributed by atoms with Crippen LogP contribution in [0.15, 0.2) is 0 Å². The number of carbonyl (C=O) groups is 2. The second-order valence-corrected chi connectivity index (χ2v) is 1.47. The maximum atomic E-state index is 10.2. The highest BCUT2D eigenvalue weighted by Gasteiger charge is 2.29. The molecule has 1 N–H and O–H groups in total. The van der Waals surface area contributed by atoms with E-state index in [0.717, 1.165) is 0 Å². The summed E-state index contributed by atoms with van der Waals surface area (Å²) < 4.78 is 4.34. The highest BCUT2D eigenvalue weighted by molar-refractivity contribution is 5.82. The second-order valence-electron chi connectivity index (χ2n) is 1.47. The Morgan fingerprint density at radius 2 is 2.62 bits per heavy atom. The molecule has 4 heteroatoms. The summed E-state index contributed by atoms with van der Waals surface area (Å²) in [6.07, 6.45) is 0.491. The van der Waals surface area contributed by atoms with E-state index < -0.39 is 0 Å². The van der Waals surface area contributed by atoms with E-state index in [9.17, 15) is 9.59 Å². The van der Waals surface area contributed by atoms with Gasteiger partial charge in [-0.05, 0) is 0 Å². The van der Waals surface area contributed by atoms with Crippen LogP contribution in [0.2, 0.25) is 0 Å². The van der Waals surface area contributed by atoms with E-state index >= 15 is 0 Å². The molecule has 1 atom stereocenters. The van der Waals surface area contributed by atoms with Crippen LogP contribution in [0.25, 0.3) is 0 Å². The quantitative estimate of drug-likeness (QED) is 0.358. The molecule has 1 saturated heterocycles. The molecular formula is C4H5NO3. The number of cyclic esters (lactones) is 1. The van der Waals surface area contributed by atoms with Crippen molar-refractivity contribution >= 4 is 12.4 Å². The van der Waals surface area contributed by atoms with Crippen LogP contribution in [0.1, 0.15) is 0 Å². The van der Waals surface area contributed by atoms with Crippen LogP contribution < -0.4 is 5.32 Å². The Morgan fingerprint density at radius 3 is 2.75 bits per heavy atom. The molecular weight excluding hydrogens is 110 g/mol. The van der Waals surface area contributed by atoms with E-state index in [1.54, 1.807) is 0 Å². The molecule has 0 bridgehead atoms. The van der Waals surface area contributed by atoms with Gasteiger partial charge in [0.05, 0.1) is 0 Å². The fourth-order valence-corrected chi connectivity index (χ4v) is 0.433. The monoisotopic (exact) mass is 115 g/mol. The van der Waals surface area contributed by atoms with E-state index in [2.05, 4.69) is 10.1 Å². The van der Waals surface area contributed by atoms with Crippen LogP contribution in [0.3, 0.4) is 0 Å². The van der Waals surface area contributed by atoms with E-state index in [4.69, 9.17) is 0 Å². The molecule has 1 amide bonds. The van der Waals surface area contributed by atoms with Crippen LogP contribution in [-0.4, -0.2) is 25.0 Å². The molecule has 4 nitrogen and oxygen atoms in total. The lowest BCUT2D eigenvalue weighted by Crippen LogP contribution is -2.50. The standard InChI is InChI=1S/C4H5NO3/c6-2-5-3-1-8-4(3)7/h2-3H,1H2,(H,5,6). The molecule has 1 heterocycles. The molecule has 0 aromatic heterocycles. The van der Waals surface area contributed by atoms with Gasteiger partial charge in [-0.15, -0.1) is 0 Å². The summed E-state index contributed by atoms with van der Waals surface area (Å²) in [6, 6.07) is -0.382. The van der Waals surface area contributed by atoms with Crippen molar-refractivity contribution in [2.45, 2.75) is 6.04 Å². The third kappa shape index (κ3) is 0.641. The van der Waals surface area contributed by atoms with Crippen molar-refractivity contribution in [1.29, 1.82) is 0 Å². The van der Waals surface area contributed by atoms with Crippen molar-refractivity contribution in [3.8, 4) is 0 Å². The minimum atomic E-state index is -0.382. The average Bonchev–Trinajstić information content (AvgIpc) is 1.79. The van der Waals surface area contributed by atoms with Crippen molar-refractivity contribution in [3.63, 3.8) is 0 Å². The summed E-state index contributed by atoms with van der Waals surface area (Å²) in [5.74, 6) is -0.350. The van der Waals surface area contributed by atoms with Gasteiger partial charge in [0.2, 0.25) is 6.41 Å². The molecule has 0 radical (unpaired) electrons. The summed E-state index contributed by atoms with van der Waals surface area (Å²) in [6.45, 7) is 0.317. The normalized spacial score (nSPS) is 25.5. The van der Waals surface area contributed by atoms with Gasteiger partial charge in [-0.25, -0.2) is 4.79 Å². The zero-order valence-electron chi connectivity index (χ0n) is 4.09. The molecule has 0 aliphatic carbocycles. The molecule has 1 rings (SSSR count). The number of esters is 1. The number of amides is 1. The van der Waals surface area contributed by atoms with Crippen molar-refractivity contribution in [2.24, 2.45) is 0 Å². The first-order chi connectivity index (χ1) is 3.84. The predicted molar refractivity (Wildman–Crippen MR) is 23.9 cm³/mol. The van der Waals surface area contributed by atoms with Gasteiger partial charge >= 0.3 is 5.97 Å². The predicted octanol–water partition coefficient (Wildman–Crippen LogP) is -1.34. The largest absolute Gasteiger partial charge is 0.461 e. The number of hydrogen-bond donors (Lipinski definition) is 1. The smallest absolute Gasteiger partial charge is 0.332 e. The molecule has 0 aromatic rings. The third-order valence-corrected chi connectivity index (χ3v) is 0.946. The molecule has 8 heavy (non-hydrogen) atoms. The number of ether oxygens (including phenoxy) is 1. The lowest BCUT2D eigenvalue weighted by molar-refractivity contribution is -0.163. The Hall–Kier alpha value is -1.06. The van der Waals surface area contributed by atoms with Crippen LogP contribution in [0, 0.1) is 0 Å². The molecule has 1 aliphatic heterocycles. The number of carbonyl (C=O) groups excluding carboxylic acids is 2. The first kappa shape index (κ1) is 5.08. The lowest BCUT2D eigenvalue weighted by Gasteiger charge is -2.22. The molecule has 44 valence electrons. The van der Waals surface area contributed by atoms with Crippen LogP contribution in [-0.2, 0) is 14.3 Å². The number of hydrogen-bond acceptors (Lipinski definition) is 3. The third-order valence-electron chi connectivity index (χ3n) is 0.946. The molecule has 0 aromatic carbocycles. The zero-order valence-corrected chi connectivity index (χ0v) is 4.09. The van der Waals surface area contributed by atoms with E-state index in [1.165, 1.54) is 0 Å². The van der Waals surface area contributed by atoms with Gasteiger partial charge in [-0.3, -0.25) is 4.79 Å². The summed E-state index contributed by atoms with van der Waals surface area (Å²) in [7, 11) is 0. The Morgan fingerprint density at radius 1 is 1.88 bits per heavy atom. The average molecular weight is 115 g/mol. The van der Waals surface area contributed by atoms with E-state index in [1.807, 2.05) is 0 Å². The Balaban J connectivity index is 2.26. The molecule has 0 spiro atoms. The van der Waals surface area contributed by atoms with E-state index in [0.29, 0.717) is 13.0 Å². The topological polar surface area (TPSA) is 55.4 Å². The lowest BCUT2D eigenvalue weighted by atomic mass is 10.2. The molecule has 1 fully saturated rings. The maximum Gasteiger partial charge on any atom is 0.332 e. The minimum absolute atomic E-state index is 0.317. The van der Waals surface area contributed by atoms with Gasteiger partial charge in [0.25, 0.3) is 0 Å². The number of rotatable bonds is 2. The van der Waals surface area contributed by atoms with Crippen LogP contribution in [0.5, 0.6) is 0 Å². The van der Waals surface area contributed by atoms with E-state index in [-0.39, 0.29) is 12.0 Å². The van der Waals surface area contributed by atoms with Gasteiger partial charge in [0.15, 0.2) is 6.04 Å². The highest BCUT2D eigenvalue weighted by Crippen LogP contribution is 2.00. The Labute approximate surface area is 45.8 Å². The summed E-state index contributed by atoms with van der Waals surface area (Å²) >= 11 is 0. The van der Waals surface area contributed by atoms with Gasteiger partial charge in [0.1, 0.15) is 6.61 Å². The van der Waals surface area contributed by atoms with Crippen LogP contribution in [0.4, 0.5) is 0 Å². The molecule has 1 unspecified atom stereocenters. The van der Waals surface area contributed by atoms with Crippen molar-refractivity contribution in [2.75, 3.05) is 6.61 Å². The summed E-state index contributed by atoms with van der Waals surface area (Å²) in [5, 5.41) is 2.28. The maximum absolute atomic E-state index is 10.2. The molecule has 0 saturated carbocycles. The van der Waals surface area contributed by atoms with Gasteiger partial charge in [0, 0.05) is 0 Å². The van der Waals surface area contributed by atoms with Gasteiger partial charge in [-0.1, -0.05) is 0 Å². The fourth-order valence-electron chi connectivity index (χ4n) is 0.433. The van der Waals surface area contributed by atoms with Crippen molar-refractivity contribution < 1.29 is 14.3 Å². The fraction of sp³-hybridized carbons (Fsp3) is 0.500. The zero-order chi connectivity index (χ0) is 5.98. The Kier molecular flexibility index (Phi) is 1.15. The molecule has 1 aliphatic rings. The Bertz CT molecular complexity index is 122. The first-order valence-electron chi connectivity index (χ1n) is 2.21. The highest BCUT2D eigenvalue weighted by atomic mass is 16.6.